The lowest BCUT2D eigenvalue weighted by Crippen LogP contribution is -2.23. The van der Waals surface area contributed by atoms with Crippen molar-refractivity contribution in [2.45, 2.75) is 32.1 Å². The molecule has 1 saturated heterocycles. The molecule has 0 aromatic carbocycles. The summed E-state index contributed by atoms with van der Waals surface area (Å²) in [7, 11) is 2.30. The number of quaternary nitrogens is 1. The van der Waals surface area contributed by atoms with Crippen LogP contribution in [0.4, 0.5) is 5.82 Å². The van der Waals surface area contributed by atoms with Gasteiger partial charge < -0.3 is 0 Å². The van der Waals surface area contributed by atoms with Crippen molar-refractivity contribution < 1.29 is 0 Å². The molecule has 16 heavy (non-hydrogen) atoms. The predicted octanol–water partition coefficient (Wildman–Crippen LogP) is 2.30. The molecule has 4 heteroatoms. The van der Waals surface area contributed by atoms with Crippen LogP contribution in [0.15, 0.2) is 0 Å². The van der Waals surface area contributed by atoms with E-state index < -0.39 is 0 Å². The van der Waals surface area contributed by atoms with Crippen LogP contribution in [0.3, 0.4) is 0 Å². The molecular formula is C12H17IN3+. The third-order valence-electron chi connectivity index (χ3n) is 3.79. The quantitative estimate of drug-likeness (QED) is 0.260. The van der Waals surface area contributed by atoms with Crippen LogP contribution in [-0.4, -0.2) is 30.1 Å². The highest BCUT2D eigenvalue weighted by Gasteiger charge is 2.43. The van der Waals surface area contributed by atoms with E-state index in [0.29, 0.717) is 0 Å². The summed E-state index contributed by atoms with van der Waals surface area (Å²) < 4.78 is 1.97. The van der Waals surface area contributed by atoms with Crippen molar-refractivity contribution in [3.8, 4) is 0 Å². The first-order chi connectivity index (χ1) is 7.69. The molecule has 2 aliphatic rings. The van der Waals surface area contributed by atoms with Crippen LogP contribution in [0.5, 0.6) is 0 Å². The van der Waals surface area contributed by atoms with Crippen molar-refractivity contribution in [1.82, 2.24) is 14.5 Å². The van der Waals surface area contributed by atoms with E-state index >= 15 is 0 Å². The summed E-state index contributed by atoms with van der Waals surface area (Å²) >= 11 is 2.26. The molecular weight excluding hydrogens is 313 g/mol. The lowest BCUT2D eigenvalue weighted by Gasteiger charge is -2.16. The third kappa shape index (κ3) is 1.86. The Labute approximate surface area is 110 Å². The molecule has 2 heterocycles. The normalized spacial score (nSPS) is 22.4. The SMILES string of the molecule is C[N+]1(c2nc(I)nc3c2CCCCC3)CC1. The second-order valence-electron chi connectivity index (χ2n) is 5.15. The first-order valence-corrected chi connectivity index (χ1v) is 7.17. The Kier molecular flexibility index (Phi) is 2.66. The maximum absolute atomic E-state index is 4.71. The Morgan fingerprint density at radius 3 is 2.56 bits per heavy atom. The summed E-state index contributed by atoms with van der Waals surface area (Å²) in [5, 5.41) is 0. The first-order valence-electron chi connectivity index (χ1n) is 6.09. The molecule has 1 aromatic rings. The molecule has 0 N–H and O–H groups in total. The summed E-state index contributed by atoms with van der Waals surface area (Å²) in [5.41, 5.74) is 2.80. The van der Waals surface area contributed by atoms with Gasteiger partial charge in [-0.3, -0.25) is 4.48 Å². The van der Waals surface area contributed by atoms with Gasteiger partial charge in [0.15, 0.2) is 3.83 Å². The smallest absolute Gasteiger partial charge is 0.235 e. The van der Waals surface area contributed by atoms with Gasteiger partial charge in [0.2, 0.25) is 5.82 Å². The molecule has 0 bridgehead atoms. The van der Waals surface area contributed by atoms with Gasteiger partial charge in [0.25, 0.3) is 0 Å². The van der Waals surface area contributed by atoms with E-state index in [1.54, 1.807) is 0 Å². The van der Waals surface area contributed by atoms with Crippen LogP contribution < -0.4 is 4.48 Å². The Morgan fingerprint density at radius 1 is 1.06 bits per heavy atom. The number of rotatable bonds is 1. The molecule has 1 aliphatic carbocycles. The van der Waals surface area contributed by atoms with Gasteiger partial charge in [-0.15, -0.1) is 0 Å². The second kappa shape index (κ2) is 3.91. The largest absolute Gasteiger partial charge is 0.267 e. The Morgan fingerprint density at radius 2 is 1.81 bits per heavy atom. The van der Waals surface area contributed by atoms with E-state index in [4.69, 9.17) is 4.98 Å². The Balaban J connectivity index is 2.12. The van der Waals surface area contributed by atoms with Crippen LogP contribution in [-0.2, 0) is 12.8 Å². The van der Waals surface area contributed by atoms with Gasteiger partial charge in [-0.25, -0.2) is 4.98 Å². The average Bonchev–Trinajstić information content (AvgIpc) is 3.01. The first kappa shape index (κ1) is 10.9. The van der Waals surface area contributed by atoms with Gasteiger partial charge in [0.1, 0.15) is 13.1 Å². The molecule has 1 fully saturated rings. The van der Waals surface area contributed by atoms with Crippen molar-refractivity contribution in [3.63, 3.8) is 0 Å². The number of hydrogen-bond donors (Lipinski definition) is 0. The fraction of sp³-hybridized carbons (Fsp3) is 0.667. The molecule has 0 unspecified atom stereocenters. The van der Waals surface area contributed by atoms with Crippen molar-refractivity contribution in [3.05, 3.63) is 15.1 Å². The van der Waals surface area contributed by atoms with Crippen molar-refractivity contribution in [2.24, 2.45) is 0 Å². The highest BCUT2D eigenvalue weighted by Crippen LogP contribution is 2.35. The molecule has 0 amide bonds. The number of hydrogen-bond acceptors (Lipinski definition) is 2. The van der Waals surface area contributed by atoms with E-state index in [-0.39, 0.29) is 0 Å². The molecule has 3 rings (SSSR count). The lowest BCUT2D eigenvalue weighted by molar-refractivity contribution is 0.620. The molecule has 3 nitrogen and oxygen atoms in total. The highest BCUT2D eigenvalue weighted by atomic mass is 127. The number of likely N-dealkylation sites (N-methyl/N-ethyl adjacent to an activating group) is 1. The predicted molar refractivity (Wildman–Crippen MR) is 73.5 cm³/mol. The monoisotopic (exact) mass is 330 g/mol. The van der Waals surface area contributed by atoms with E-state index in [2.05, 4.69) is 34.6 Å². The Bertz CT molecular complexity index is 427. The summed E-state index contributed by atoms with van der Waals surface area (Å²) in [6.45, 7) is 2.50. The molecule has 0 spiro atoms. The molecule has 0 radical (unpaired) electrons. The minimum Gasteiger partial charge on any atom is -0.267 e. The van der Waals surface area contributed by atoms with Gasteiger partial charge in [0, 0.05) is 22.6 Å². The van der Waals surface area contributed by atoms with E-state index in [9.17, 15) is 0 Å². The topological polar surface area (TPSA) is 25.8 Å². The van der Waals surface area contributed by atoms with Crippen molar-refractivity contribution in [2.75, 3.05) is 20.1 Å². The number of nitrogens with zero attached hydrogens (tertiary/aromatic N) is 3. The maximum Gasteiger partial charge on any atom is 0.235 e. The van der Waals surface area contributed by atoms with Crippen LogP contribution in [0.1, 0.15) is 30.5 Å². The maximum atomic E-state index is 4.71. The standard InChI is InChI=1S/C12H17IN3/c1-16(7-8-16)11-9-5-3-2-4-6-10(9)14-12(13)15-11/h2-8H2,1H3/q+1. The average molecular weight is 330 g/mol. The lowest BCUT2D eigenvalue weighted by atomic mass is 10.1. The fourth-order valence-electron chi connectivity index (χ4n) is 2.53. The molecule has 1 aromatic heterocycles. The van der Waals surface area contributed by atoms with Gasteiger partial charge in [-0.05, 0) is 25.7 Å². The van der Waals surface area contributed by atoms with E-state index in [1.807, 2.05) is 0 Å². The van der Waals surface area contributed by atoms with Gasteiger partial charge >= 0.3 is 0 Å². The minimum atomic E-state index is 0.930. The van der Waals surface area contributed by atoms with Crippen LogP contribution in [0, 0.1) is 3.83 Å². The van der Waals surface area contributed by atoms with Gasteiger partial charge in [-0.1, -0.05) is 6.42 Å². The van der Waals surface area contributed by atoms with Crippen LogP contribution in [0.2, 0.25) is 0 Å². The summed E-state index contributed by atoms with van der Waals surface area (Å²) in [4.78, 5) is 9.35. The molecule has 0 atom stereocenters. The number of fused-ring (bicyclic) bond motifs is 1. The molecule has 1 aliphatic heterocycles. The zero-order valence-corrected chi connectivity index (χ0v) is 11.8. The van der Waals surface area contributed by atoms with Gasteiger partial charge in [-0.2, -0.15) is 4.98 Å². The molecule has 0 saturated carbocycles. The summed E-state index contributed by atoms with van der Waals surface area (Å²) in [6.07, 6.45) is 6.29. The number of aromatic nitrogens is 2. The van der Waals surface area contributed by atoms with Crippen molar-refractivity contribution >= 4 is 28.4 Å². The Hall–Kier alpha value is -0.230. The third-order valence-corrected chi connectivity index (χ3v) is 4.27. The minimum absolute atomic E-state index is 0.930. The van der Waals surface area contributed by atoms with Crippen molar-refractivity contribution in [1.29, 1.82) is 0 Å². The van der Waals surface area contributed by atoms with Crippen LogP contribution >= 0.6 is 22.6 Å². The number of aryl methyl sites for hydroxylation is 1. The fourth-order valence-corrected chi connectivity index (χ4v) is 3.05. The summed E-state index contributed by atoms with van der Waals surface area (Å²) in [6, 6.07) is 0. The zero-order valence-electron chi connectivity index (χ0n) is 9.67. The zero-order chi connectivity index (χ0) is 11.2. The van der Waals surface area contributed by atoms with Gasteiger partial charge in [0.05, 0.1) is 18.3 Å². The highest BCUT2D eigenvalue weighted by molar-refractivity contribution is 14.1. The number of halogens is 1. The van der Waals surface area contributed by atoms with E-state index in [0.717, 1.165) is 14.7 Å². The van der Waals surface area contributed by atoms with Crippen LogP contribution in [0.25, 0.3) is 0 Å². The second-order valence-corrected chi connectivity index (χ2v) is 6.11. The molecule has 86 valence electrons. The summed E-state index contributed by atoms with van der Waals surface area (Å²) in [5.74, 6) is 1.32. The van der Waals surface area contributed by atoms with E-state index in [1.165, 1.54) is 55.8 Å².